The molecular weight excluding hydrogens is 905 g/mol. The fraction of sp³-hybridized carbons (Fsp3) is 0.511. The van der Waals surface area contributed by atoms with Crippen molar-refractivity contribution < 1.29 is 76.4 Å². The smallest absolute Gasteiger partial charge is 0.408 e. The van der Waals surface area contributed by atoms with Crippen LogP contribution in [0, 0.1) is 0 Å². The summed E-state index contributed by atoms with van der Waals surface area (Å²) in [5, 5.41) is 13.0. The van der Waals surface area contributed by atoms with Crippen LogP contribution >= 0.6 is 0 Å². The number of hydrogen-bond donors (Lipinski definition) is 5. The summed E-state index contributed by atoms with van der Waals surface area (Å²) in [6.07, 6.45) is 1.02. The van der Waals surface area contributed by atoms with Crippen LogP contribution in [0.3, 0.4) is 0 Å². The minimum atomic E-state index is -1.53. The number of nitrogens with zero attached hydrogens (tertiary/aromatic N) is 1. The Morgan fingerprint density at radius 1 is 0.681 bits per heavy atom. The third kappa shape index (κ3) is 17.0. The quantitative estimate of drug-likeness (QED) is 0.0354. The van der Waals surface area contributed by atoms with Crippen molar-refractivity contribution in [1.82, 2.24) is 26.2 Å². The molecular formula is C47H60N6O16. The summed E-state index contributed by atoms with van der Waals surface area (Å²) in [4.78, 5) is 139. The van der Waals surface area contributed by atoms with E-state index in [1.54, 1.807) is 48.5 Å². The van der Waals surface area contributed by atoms with Crippen molar-refractivity contribution in [3.63, 3.8) is 0 Å². The molecule has 2 aliphatic heterocycles. The highest BCUT2D eigenvalue weighted by Crippen LogP contribution is 2.32. The predicted octanol–water partition coefficient (Wildman–Crippen LogP) is 2.51. The lowest BCUT2D eigenvalue weighted by Crippen LogP contribution is -2.54. The van der Waals surface area contributed by atoms with Crippen LogP contribution in [0.2, 0.25) is 0 Å². The number of benzene rings is 2. The Balaban J connectivity index is 1.10. The van der Waals surface area contributed by atoms with Crippen LogP contribution in [0.1, 0.15) is 116 Å². The van der Waals surface area contributed by atoms with E-state index in [4.69, 9.17) is 23.7 Å². The van der Waals surface area contributed by atoms with Gasteiger partial charge in [0.2, 0.25) is 23.6 Å². The molecule has 0 radical (unpaired) electrons. The summed E-state index contributed by atoms with van der Waals surface area (Å²) in [6, 6.07) is 10.2. The Morgan fingerprint density at radius 3 is 1.97 bits per heavy atom. The van der Waals surface area contributed by atoms with Crippen LogP contribution in [-0.4, -0.2) is 129 Å². The number of hydrogen-bond acceptors (Lipinski definition) is 17. The molecule has 1 fully saturated rings. The number of esters is 4. The molecule has 22 nitrogen and oxygen atoms in total. The van der Waals surface area contributed by atoms with Crippen molar-refractivity contribution in [3.05, 3.63) is 65.2 Å². The Labute approximate surface area is 398 Å². The second kappa shape index (κ2) is 28.1. The van der Waals surface area contributed by atoms with Gasteiger partial charge in [-0.05, 0) is 49.8 Å². The van der Waals surface area contributed by atoms with Crippen molar-refractivity contribution >= 4 is 71.1 Å². The van der Waals surface area contributed by atoms with Crippen LogP contribution in [0.15, 0.2) is 48.5 Å². The highest BCUT2D eigenvalue weighted by Gasteiger charge is 2.45. The van der Waals surface area contributed by atoms with Gasteiger partial charge in [0.25, 0.3) is 11.8 Å². The zero-order chi connectivity index (χ0) is 50.3. The van der Waals surface area contributed by atoms with Gasteiger partial charge in [0.1, 0.15) is 24.7 Å². The minimum absolute atomic E-state index is 0.0374. The van der Waals surface area contributed by atoms with Gasteiger partial charge in [-0.15, -0.1) is 0 Å². The van der Waals surface area contributed by atoms with Crippen LogP contribution in [-0.2, 0) is 68.6 Å². The first-order chi connectivity index (χ1) is 33.2. The molecule has 374 valence electrons. The van der Waals surface area contributed by atoms with Crippen LogP contribution in [0.5, 0.6) is 0 Å². The summed E-state index contributed by atoms with van der Waals surface area (Å²) in [7, 11) is 3.28. The maximum atomic E-state index is 13.3. The number of ether oxygens (including phenoxy) is 5. The lowest BCUT2D eigenvalue weighted by atomic mass is 10.0. The minimum Gasteiger partial charge on any atom is -0.467 e. The number of rotatable bonds is 28. The van der Waals surface area contributed by atoms with E-state index < -0.39 is 96.6 Å². The van der Waals surface area contributed by atoms with E-state index in [1.165, 1.54) is 0 Å². The zero-order valence-corrected chi connectivity index (χ0v) is 38.9. The number of unbranched alkanes of at least 4 members (excludes halogenated alkanes) is 5. The fourth-order valence-electron chi connectivity index (χ4n) is 7.49. The molecule has 22 heteroatoms. The highest BCUT2D eigenvalue weighted by molar-refractivity contribution is 6.25. The van der Waals surface area contributed by atoms with Crippen molar-refractivity contribution in [1.29, 1.82) is 0 Å². The molecule has 0 saturated carbocycles. The summed E-state index contributed by atoms with van der Waals surface area (Å²) in [6.45, 7) is 0.865. The normalized spacial score (nSPS) is 15.3. The second-order valence-electron chi connectivity index (χ2n) is 16.1. The lowest BCUT2D eigenvalue weighted by molar-refractivity contribution is -0.167. The molecule has 4 rings (SSSR count). The van der Waals surface area contributed by atoms with Crippen LogP contribution in [0.4, 0.5) is 10.5 Å². The average molecular weight is 965 g/mol. The van der Waals surface area contributed by atoms with E-state index in [2.05, 4.69) is 26.6 Å². The Morgan fingerprint density at radius 2 is 1.30 bits per heavy atom. The van der Waals surface area contributed by atoms with Gasteiger partial charge in [-0.1, -0.05) is 62.1 Å². The van der Waals surface area contributed by atoms with E-state index in [1.807, 2.05) is 0 Å². The van der Waals surface area contributed by atoms with Gasteiger partial charge in [0.05, 0.1) is 32.5 Å². The molecule has 2 aromatic carbocycles. The van der Waals surface area contributed by atoms with Crippen molar-refractivity contribution in [2.45, 2.75) is 121 Å². The SMILES string of the molecule is COC(=O)[C@H](CCC(=O)NCCCCCCCCNc1cccc2c1C(=O)N(C1CCC(=O)NC1=O)C2=O)NC(=O)CC[C@H](OC(=O)CC[C@H](NC(=O)OCc1ccccc1)C(=O)OC)C(=O)OC. The number of carbonyl (C=O) groups is 11. The molecule has 0 bridgehead atoms. The molecule has 2 heterocycles. The van der Waals surface area contributed by atoms with Crippen molar-refractivity contribution in [2.24, 2.45) is 0 Å². The number of carbonyl (C=O) groups excluding carboxylic acids is 11. The first-order valence-corrected chi connectivity index (χ1v) is 22.7. The summed E-state index contributed by atoms with van der Waals surface area (Å²) < 4.78 is 24.6. The van der Waals surface area contributed by atoms with Crippen LogP contribution < -0.4 is 26.6 Å². The summed E-state index contributed by atoms with van der Waals surface area (Å²) >= 11 is 0. The first-order valence-electron chi connectivity index (χ1n) is 22.7. The van der Waals surface area contributed by atoms with Gasteiger partial charge < -0.3 is 45.0 Å². The molecule has 1 unspecified atom stereocenters. The standard InChI is InChI=1S/C47H60N6O16/c1-65-44(61)32(50-37(55)24-21-35(46(63)67-3)69-39(57)25-19-33(45(62)66-2)51-47(64)68-28-29-14-9-8-10-15-29)18-22-36(54)49-27-12-7-5-4-6-11-26-48-31-17-13-16-30-40(31)43(60)53(42(30)59)34-20-23-38(56)52-41(34)58/h8-10,13-17,32-35,48H,4-7,11-12,18-28H2,1-3H3,(H,49,54)(H,50,55)(H,51,64)(H,52,56,58)/t32-,33-,34?,35-/m0/s1. The molecule has 2 aromatic rings. The Bertz CT molecular complexity index is 2190. The number of piperidine rings is 1. The van der Waals surface area contributed by atoms with Crippen LogP contribution in [0.25, 0.3) is 0 Å². The van der Waals surface area contributed by atoms with Gasteiger partial charge in [-0.2, -0.15) is 0 Å². The van der Waals surface area contributed by atoms with E-state index in [0.717, 1.165) is 58.3 Å². The number of anilines is 1. The fourth-order valence-corrected chi connectivity index (χ4v) is 7.49. The number of amides is 7. The molecule has 2 aliphatic rings. The van der Waals surface area contributed by atoms with E-state index in [-0.39, 0.29) is 62.2 Å². The molecule has 5 N–H and O–H groups in total. The second-order valence-corrected chi connectivity index (χ2v) is 16.1. The topological polar surface area (TPSA) is 297 Å². The molecule has 4 atom stereocenters. The molecule has 7 amide bonds. The van der Waals surface area contributed by atoms with Gasteiger partial charge in [-0.25, -0.2) is 19.2 Å². The zero-order valence-electron chi connectivity index (χ0n) is 38.9. The van der Waals surface area contributed by atoms with Gasteiger partial charge in [-0.3, -0.25) is 43.8 Å². The molecule has 0 spiro atoms. The molecule has 1 saturated heterocycles. The first kappa shape index (κ1) is 54.2. The number of fused-ring (bicyclic) bond motifs is 1. The number of methoxy groups -OCH3 is 3. The lowest BCUT2D eigenvalue weighted by Gasteiger charge is -2.27. The Hall–Kier alpha value is -7.39. The van der Waals surface area contributed by atoms with Gasteiger partial charge >= 0.3 is 30.0 Å². The predicted molar refractivity (Wildman–Crippen MR) is 241 cm³/mol. The largest absolute Gasteiger partial charge is 0.467 e. The summed E-state index contributed by atoms with van der Waals surface area (Å²) in [5.41, 5.74) is 1.62. The highest BCUT2D eigenvalue weighted by atomic mass is 16.6. The van der Waals surface area contributed by atoms with Crippen molar-refractivity contribution in [3.8, 4) is 0 Å². The van der Waals surface area contributed by atoms with E-state index >= 15 is 0 Å². The number of imide groups is 2. The maximum Gasteiger partial charge on any atom is 0.408 e. The number of alkyl carbamates (subject to hydrolysis) is 1. The van der Waals surface area contributed by atoms with E-state index in [9.17, 15) is 52.7 Å². The van der Waals surface area contributed by atoms with Crippen molar-refractivity contribution in [2.75, 3.05) is 39.7 Å². The third-order valence-electron chi connectivity index (χ3n) is 11.2. The Kier molecular flexibility index (Phi) is 22.0. The van der Waals surface area contributed by atoms with Gasteiger partial charge in [0.15, 0.2) is 6.10 Å². The maximum absolute atomic E-state index is 13.3. The average Bonchev–Trinajstić information content (AvgIpc) is 3.60. The molecule has 0 aliphatic carbocycles. The third-order valence-corrected chi connectivity index (χ3v) is 11.2. The van der Waals surface area contributed by atoms with E-state index in [0.29, 0.717) is 30.8 Å². The summed E-state index contributed by atoms with van der Waals surface area (Å²) in [5.74, 6) is -6.86. The molecule has 69 heavy (non-hydrogen) atoms. The number of nitrogens with one attached hydrogen (secondary N) is 5. The monoisotopic (exact) mass is 964 g/mol. The van der Waals surface area contributed by atoms with Gasteiger partial charge in [0, 0.05) is 50.9 Å². The molecule has 0 aromatic heterocycles.